The lowest BCUT2D eigenvalue weighted by Crippen LogP contribution is -2.48. The van der Waals surface area contributed by atoms with Crippen molar-refractivity contribution < 1.29 is 19.1 Å². The molecule has 0 unspecified atom stereocenters. The maximum Gasteiger partial charge on any atom is 0.325 e. The molecule has 2 rings (SSSR count). The van der Waals surface area contributed by atoms with Crippen LogP contribution in [0.15, 0.2) is 30.3 Å². The second kappa shape index (κ2) is 9.02. The number of piperidine rings is 1. The molecule has 0 saturated carbocycles. The molecule has 0 aliphatic carbocycles. The summed E-state index contributed by atoms with van der Waals surface area (Å²) in [6.45, 7) is 0.819. The lowest BCUT2D eigenvalue weighted by Gasteiger charge is -2.34. The molecule has 1 aliphatic heterocycles. The van der Waals surface area contributed by atoms with Gasteiger partial charge in [0.25, 0.3) is 0 Å². The number of urea groups is 1. The van der Waals surface area contributed by atoms with Gasteiger partial charge in [0.1, 0.15) is 0 Å². The van der Waals surface area contributed by atoms with E-state index in [2.05, 4.69) is 10.6 Å². The van der Waals surface area contributed by atoms with Crippen molar-refractivity contribution in [3.05, 3.63) is 30.3 Å². The van der Waals surface area contributed by atoms with Crippen LogP contribution < -0.4 is 10.6 Å². The summed E-state index contributed by atoms with van der Waals surface area (Å²) >= 11 is 0. The molecule has 7 heteroatoms. The number of carbonyl (C=O) groups excluding carboxylic acids is 3. The first-order valence-electron chi connectivity index (χ1n) is 8.05. The average Bonchev–Trinajstić information content (AvgIpc) is 2.57. The summed E-state index contributed by atoms with van der Waals surface area (Å²) in [5.41, 5.74) is 0.615. The molecule has 1 aromatic carbocycles. The lowest BCUT2D eigenvalue weighted by atomic mass is 9.99. The van der Waals surface area contributed by atoms with E-state index < -0.39 is 6.03 Å². The van der Waals surface area contributed by atoms with Gasteiger partial charge in [-0.2, -0.15) is 0 Å². The van der Waals surface area contributed by atoms with Gasteiger partial charge in [-0.3, -0.25) is 19.8 Å². The van der Waals surface area contributed by atoms with Crippen LogP contribution in [0.1, 0.15) is 25.7 Å². The Kier molecular flexibility index (Phi) is 6.74. The van der Waals surface area contributed by atoms with E-state index in [9.17, 15) is 14.4 Å². The van der Waals surface area contributed by atoms with Crippen LogP contribution in [0.2, 0.25) is 0 Å². The minimum absolute atomic E-state index is 0.0193. The van der Waals surface area contributed by atoms with E-state index in [1.165, 1.54) is 7.11 Å². The second-order valence-corrected chi connectivity index (χ2v) is 5.77. The van der Waals surface area contributed by atoms with E-state index >= 15 is 0 Å². The van der Waals surface area contributed by atoms with Crippen LogP contribution in [0.25, 0.3) is 0 Å². The van der Waals surface area contributed by atoms with Gasteiger partial charge >= 0.3 is 12.0 Å². The number of imide groups is 1. The Bertz CT molecular complexity index is 576. The molecule has 1 atom stereocenters. The first-order valence-corrected chi connectivity index (χ1v) is 8.05. The summed E-state index contributed by atoms with van der Waals surface area (Å²) in [4.78, 5) is 37.3. The molecular weight excluding hydrogens is 310 g/mol. The zero-order chi connectivity index (χ0) is 17.4. The molecule has 3 amide bonds. The highest BCUT2D eigenvalue weighted by Crippen LogP contribution is 2.19. The van der Waals surface area contributed by atoms with Crippen molar-refractivity contribution in [1.29, 1.82) is 0 Å². The molecule has 130 valence electrons. The number of ether oxygens (including phenoxy) is 1. The Morgan fingerprint density at radius 2 is 1.96 bits per heavy atom. The van der Waals surface area contributed by atoms with E-state index in [-0.39, 0.29) is 30.9 Å². The number of esters is 1. The normalized spacial score (nSPS) is 17.8. The minimum atomic E-state index is -0.562. The molecule has 0 aromatic heterocycles. The molecule has 2 N–H and O–H groups in total. The SMILES string of the molecule is COC(=O)C[C@H]1CCCCN1CC(=O)NC(=O)Nc1ccccc1. The van der Waals surface area contributed by atoms with Crippen molar-refractivity contribution in [2.45, 2.75) is 31.7 Å². The van der Waals surface area contributed by atoms with Gasteiger partial charge in [0.15, 0.2) is 0 Å². The highest BCUT2D eigenvalue weighted by Gasteiger charge is 2.27. The van der Waals surface area contributed by atoms with Crippen molar-refractivity contribution in [3.8, 4) is 0 Å². The Morgan fingerprint density at radius 1 is 1.21 bits per heavy atom. The summed E-state index contributed by atoms with van der Waals surface area (Å²) in [5.74, 6) is -0.672. The quantitative estimate of drug-likeness (QED) is 0.802. The van der Waals surface area contributed by atoms with Gasteiger partial charge in [-0.05, 0) is 31.5 Å². The monoisotopic (exact) mass is 333 g/mol. The summed E-state index contributed by atoms with van der Waals surface area (Å²) in [5, 5.41) is 4.92. The summed E-state index contributed by atoms with van der Waals surface area (Å²) in [6, 6.07) is 8.32. The highest BCUT2D eigenvalue weighted by atomic mass is 16.5. The Hall–Kier alpha value is -2.41. The van der Waals surface area contributed by atoms with Gasteiger partial charge in [-0.25, -0.2) is 4.79 Å². The number of carbonyl (C=O) groups is 3. The van der Waals surface area contributed by atoms with E-state index in [1.54, 1.807) is 24.3 Å². The van der Waals surface area contributed by atoms with Crippen LogP contribution in [0.3, 0.4) is 0 Å². The number of para-hydroxylation sites is 1. The molecule has 24 heavy (non-hydrogen) atoms. The van der Waals surface area contributed by atoms with E-state index in [0.29, 0.717) is 5.69 Å². The zero-order valence-electron chi connectivity index (χ0n) is 13.8. The first kappa shape index (κ1) is 17.9. The highest BCUT2D eigenvalue weighted by molar-refractivity contribution is 6.01. The van der Waals surface area contributed by atoms with Crippen LogP contribution in [-0.2, 0) is 14.3 Å². The molecule has 0 radical (unpaired) electrons. The van der Waals surface area contributed by atoms with Crippen molar-refractivity contribution in [2.24, 2.45) is 0 Å². The smallest absolute Gasteiger partial charge is 0.325 e. The van der Waals surface area contributed by atoms with E-state index in [1.807, 2.05) is 11.0 Å². The largest absolute Gasteiger partial charge is 0.469 e. The van der Waals surface area contributed by atoms with Crippen molar-refractivity contribution in [1.82, 2.24) is 10.2 Å². The van der Waals surface area contributed by atoms with Gasteiger partial charge < -0.3 is 10.1 Å². The number of likely N-dealkylation sites (tertiary alicyclic amines) is 1. The van der Waals surface area contributed by atoms with Gasteiger partial charge in [-0.15, -0.1) is 0 Å². The number of nitrogens with zero attached hydrogens (tertiary/aromatic N) is 1. The second-order valence-electron chi connectivity index (χ2n) is 5.77. The fraction of sp³-hybridized carbons (Fsp3) is 0.471. The molecule has 1 saturated heterocycles. The maximum absolute atomic E-state index is 12.1. The molecule has 1 heterocycles. The Labute approximate surface area is 141 Å². The number of hydrogen-bond donors (Lipinski definition) is 2. The third kappa shape index (κ3) is 5.66. The van der Waals surface area contributed by atoms with E-state index in [0.717, 1.165) is 25.8 Å². The number of benzene rings is 1. The molecule has 1 fully saturated rings. The summed E-state index contributed by atoms with van der Waals surface area (Å²) < 4.78 is 4.71. The fourth-order valence-corrected chi connectivity index (χ4v) is 2.81. The number of methoxy groups -OCH3 is 1. The summed E-state index contributed by atoms with van der Waals surface area (Å²) in [7, 11) is 1.36. The van der Waals surface area contributed by atoms with E-state index in [4.69, 9.17) is 4.74 Å². The molecule has 0 bridgehead atoms. The molecule has 0 spiro atoms. The molecule has 1 aliphatic rings. The predicted octanol–water partition coefficient (Wildman–Crippen LogP) is 1.75. The Balaban J connectivity index is 1.83. The van der Waals surface area contributed by atoms with Crippen LogP contribution in [-0.4, -0.2) is 49.0 Å². The third-order valence-electron chi connectivity index (χ3n) is 4.01. The lowest BCUT2D eigenvalue weighted by molar-refractivity contribution is -0.143. The van der Waals surface area contributed by atoms with Crippen molar-refractivity contribution >= 4 is 23.6 Å². The first-order chi connectivity index (χ1) is 11.6. The minimum Gasteiger partial charge on any atom is -0.469 e. The maximum atomic E-state index is 12.1. The van der Waals surface area contributed by atoms with Gasteiger partial charge in [0, 0.05) is 11.7 Å². The standard InChI is InChI=1S/C17H23N3O4/c1-24-16(22)11-14-9-5-6-10-20(14)12-15(21)19-17(23)18-13-7-3-2-4-8-13/h2-4,7-8,14H,5-6,9-12H2,1H3,(H2,18,19,21,23)/t14-/m1/s1. The molecule has 7 nitrogen and oxygen atoms in total. The third-order valence-corrected chi connectivity index (χ3v) is 4.01. The molecule has 1 aromatic rings. The van der Waals surface area contributed by atoms with Crippen molar-refractivity contribution in [2.75, 3.05) is 25.5 Å². The number of rotatable bonds is 5. The fourth-order valence-electron chi connectivity index (χ4n) is 2.81. The number of anilines is 1. The van der Waals surface area contributed by atoms with Gasteiger partial charge in [0.05, 0.1) is 20.1 Å². The van der Waals surface area contributed by atoms with Gasteiger partial charge in [-0.1, -0.05) is 24.6 Å². The zero-order valence-corrected chi connectivity index (χ0v) is 13.8. The average molecular weight is 333 g/mol. The number of hydrogen-bond acceptors (Lipinski definition) is 5. The summed E-state index contributed by atoms with van der Waals surface area (Å²) in [6.07, 6.45) is 3.11. The van der Waals surface area contributed by atoms with Crippen molar-refractivity contribution in [3.63, 3.8) is 0 Å². The number of nitrogens with one attached hydrogen (secondary N) is 2. The van der Waals surface area contributed by atoms with Crippen LogP contribution in [0.4, 0.5) is 10.5 Å². The van der Waals surface area contributed by atoms with Crippen LogP contribution in [0.5, 0.6) is 0 Å². The topological polar surface area (TPSA) is 87.7 Å². The molecular formula is C17H23N3O4. The van der Waals surface area contributed by atoms with Gasteiger partial charge in [0.2, 0.25) is 5.91 Å². The van der Waals surface area contributed by atoms with Crippen LogP contribution in [0, 0.1) is 0 Å². The predicted molar refractivity (Wildman–Crippen MR) is 89.4 cm³/mol. The Morgan fingerprint density at radius 3 is 2.67 bits per heavy atom. The van der Waals surface area contributed by atoms with Crippen LogP contribution >= 0.6 is 0 Å². The number of amides is 3.